The number of phenolic OH excluding ortho intramolecular Hbond substituents is 1. The molecular weight excluding hydrogens is 190 g/mol. The van der Waals surface area contributed by atoms with Crippen molar-refractivity contribution in [2.45, 2.75) is 0 Å². The summed E-state index contributed by atoms with van der Waals surface area (Å²) in [6.45, 7) is 0. The van der Waals surface area contributed by atoms with Crippen LogP contribution < -0.4 is 11.1 Å². The molecular formula is C7H7N3O4. The lowest BCUT2D eigenvalue weighted by Crippen LogP contribution is -2.20. The topological polar surface area (TPSA) is 118 Å². The van der Waals surface area contributed by atoms with E-state index in [-0.39, 0.29) is 5.69 Å². The van der Waals surface area contributed by atoms with E-state index in [2.05, 4.69) is 0 Å². The molecule has 7 heteroatoms. The Morgan fingerprint density at radius 1 is 1.57 bits per heavy atom. The SMILES string of the molecule is NC(=O)Nc1c(O)cccc1[N+](=O)[O-]. The zero-order valence-electron chi connectivity index (χ0n) is 6.93. The van der Waals surface area contributed by atoms with Gasteiger partial charge in [0.05, 0.1) is 4.92 Å². The number of primary amides is 1. The number of benzene rings is 1. The number of nitrogens with zero attached hydrogens (tertiary/aromatic N) is 1. The summed E-state index contributed by atoms with van der Waals surface area (Å²) in [5, 5.41) is 21.6. The van der Waals surface area contributed by atoms with Crippen molar-refractivity contribution in [2.75, 3.05) is 5.32 Å². The lowest BCUT2D eigenvalue weighted by Gasteiger charge is -2.04. The normalized spacial score (nSPS) is 9.43. The quantitative estimate of drug-likeness (QED) is 0.369. The Labute approximate surface area is 78.3 Å². The smallest absolute Gasteiger partial charge is 0.316 e. The fraction of sp³-hybridized carbons (Fsp3) is 0. The summed E-state index contributed by atoms with van der Waals surface area (Å²) < 4.78 is 0. The molecule has 0 radical (unpaired) electrons. The fourth-order valence-corrected chi connectivity index (χ4v) is 0.932. The van der Waals surface area contributed by atoms with Gasteiger partial charge in [0.1, 0.15) is 5.75 Å². The molecule has 0 unspecified atom stereocenters. The van der Waals surface area contributed by atoms with Crippen molar-refractivity contribution in [3.63, 3.8) is 0 Å². The van der Waals surface area contributed by atoms with E-state index in [1.165, 1.54) is 12.1 Å². The third-order valence-corrected chi connectivity index (χ3v) is 1.47. The highest BCUT2D eigenvalue weighted by atomic mass is 16.6. The summed E-state index contributed by atoms with van der Waals surface area (Å²) >= 11 is 0. The van der Waals surface area contributed by atoms with E-state index >= 15 is 0 Å². The van der Waals surface area contributed by atoms with Gasteiger partial charge in [-0.15, -0.1) is 0 Å². The Bertz CT molecular complexity index is 391. The van der Waals surface area contributed by atoms with Crippen molar-refractivity contribution < 1.29 is 14.8 Å². The lowest BCUT2D eigenvalue weighted by molar-refractivity contribution is -0.384. The maximum absolute atomic E-state index is 10.5. The van der Waals surface area contributed by atoms with E-state index in [4.69, 9.17) is 5.73 Å². The van der Waals surface area contributed by atoms with E-state index in [1.807, 2.05) is 5.32 Å². The highest BCUT2D eigenvalue weighted by Gasteiger charge is 2.17. The van der Waals surface area contributed by atoms with E-state index in [1.54, 1.807) is 0 Å². The monoisotopic (exact) mass is 197 g/mol. The Hall–Kier alpha value is -2.31. The standard InChI is InChI=1S/C7H7N3O4/c8-7(12)9-6-4(10(13)14)2-1-3-5(6)11/h1-3,11H,(H3,8,9,12). The van der Waals surface area contributed by atoms with Crippen LogP contribution in [0.4, 0.5) is 16.2 Å². The van der Waals surface area contributed by atoms with Crippen LogP contribution in [0.1, 0.15) is 0 Å². The molecule has 7 nitrogen and oxygen atoms in total. The van der Waals surface area contributed by atoms with Crippen molar-refractivity contribution in [3.8, 4) is 5.75 Å². The molecule has 0 saturated carbocycles. The number of carbonyl (C=O) groups is 1. The van der Waals surface area contributed by atoms with Gasteiger partial charge in [-0.3, -0.25) is 15.4 Å². The van der Waals surface area contributed by atoms with Crippen LogP contribution in [-0.4, -0.2) is 16.1 Å². The zero-order chi connectivity index (χ0) is 10.7. The average Bonchev–Trinajstić information content (AvgIpc) is 2.07. The number of hydrogen-bond acceptors (Lipinski definition) is 4. The molecule has 0 aliphatic rings. The van der Waals surface area contributed by atoms with Crippen LogP contribution in [0.25, 0.3) is 0 Å². The summed E-state index contributed by atoms with van der Waals surface area (Å²) in [4.78, 5) is 20.2. The van der Waals surface area contributed by atoms with E-state index in [9.17, 15) is 20.0 Å². The minimum atomic E-state index is -0.977. The van der Waals surface area contributed by atoms with Gasteiger partial charge in [0.25, 0.3) is 5.69 Å². The molecule has 0 atom stereocenters. The van der Waals surface area contributed by atoms with E-state index in [0.717, 1.165) is 6.07 Å². The number of rotatable bonds is 2. The second-order valence-corrected chi connectivity index (χ2v) is 2.42. The molecule has 0 heterocycles. The van der Waals surface area contributed by atoms with Crippen LogP contribution in [0.2, 0.25) is 0 Å². The maximum Gasteiger partial charge on any atom is 0.316 e. The zero-order valence-corrected chi connectivity index (χ0v) is 6.93. The van der Waals surface area contributed by atoms with Gasteiger partial charge in [-0.2, -0.15) is 0 Å². The third-order valence-electron chi connectivity index (χ3n) is 1.47. The molecule has 74 valence electrons. The summed E-state index contributed by atoms with van der Waals surface area (Å²) in [5.74, 6) is -0.405. The van der Waals surface area contributed by atoms with Gasteiger partial charge < -0.3 is 10.8 Å². The van der Waals surface area contributed by atoms with Gasteiger partial charge in [0.2, 0.25) is 0 Å². The number of phenols is 1. The van der Waals surface area contributed by atoms with Crippen molar-refractivity contribution >= 4 is 17.4 Å². The van der Waals surface area contributed by atoms with Gasteiger partial charge in [-0.1, -0.05) is 6.07 Å². The van der Waals surface area contributed by atoms with Gasteiger partial charge in [-0.25, -0.2) is 4.79 Å². The molecule has 4 N–H and O–H groups in total. The highest BCUT2D eigenvalue weighted by molar-refractivity contribution is 5.92. The van der Waals surface area contributed by atoms with Crippen LogP contribution in [-0.2, 0) is 0 Å². The number of urea groups is 1. The number of nitrogens with one attached hydrogen (secondary N) is 1. The first kappa shape index (κ1) is 9.78. The molecule has 1 rings (SSSR count). The van der Waals surface area contributed by atoms with Gasteiger partial charge in [0.15, 0.2) is 5.69 Å². The van der Waals surface area contributed by atoms with Gasteiger partial charge in [-0.05, 0) is 6.07 Å². The molecule has 1 aromatic rings. The molecule has 0 aliphatic carbocycles. The molecule has 0 saturated heterocycles. The molecule has 0 fully saturated rings. The first-order valence-corrected chi connectivity index (χ1v) is 3.55. The van der Waals surface area contributed by atoms with Crippen molar-refractivity contribution in [1.82, 2.24) is 0 Å². The van der Waals surface area contributed by atoms with Crippen molar-refractivity contribution in [1.29, 1.82) is 0 Å². The Balaban J connectivity index is 3.22. The minimum Gasteiger partial charge on any atom is -0.505 e. The summed E-state index contributed by atoms with van der Waals surface area (Å²) in [5.41, 5.74) is 4.06. The van der Waals surface area contributed by atoms with E-state index in [0.29, 0.717) is 0 Å². The number of aromatic hydroxyl groups is 1. The Kier molecular flexibility index (Phi) is 2.52. The predicted octanol–water partition coefficient (Wildman–Crippen LogP) is 0.791. The Morgan fingerprint density at radius 3 is 2.71 bits per heavy atom. The van der Waals surface area contributed by atoms with Crippen molar-refractivity contribution in [3.05, 3.63) is 28.3 Å². The van der Waals surface area contributed by atoms with Crippen LogP contribution in [0.15, 0.2) is 18.2 Å². The molecule has 0 spiro atoms. The minimum absolute atomic E-state index is 0.301. The maximum atomic E-state index is 10.5. The molecule has 0 aromatic heterocycles. The van der Waals surface area contributed by atoms with Gasteiger partial charge >= 0.3 is 6.03 Å². The second-order valence-electron chi connectivity index (χ2n) is 2.42. The van der Waals surface area contributed by atoms with Crippen LogP contribution in [0, 0.1) is 10.1 Å². The lowest BCUT2D eigenvalue weighted by atomic mass is 10.2. The molecule has 2 amide bonds. The number of nitro groups is 1. The van der Waals surface area contributed by atoms with Gasteiger partial charge in [0, 0.05) is 6.07 Å². The van der Waals surface area contributed by atoms with E-state index < -0.39 is 22.4 Å². The number of amides is 2. The molecule has 1 aromatic carbocycles. The first-order chi connectivity index (χ1) is 6.52. The number of nitro benzene ring substituents is 1. The predicted molar refractivity (Wildman–Crippen MR) is 48.0 cm³/mol. The number of hydrogen-bond donors (Lipinski definition) is 3. The third kappa shape index (κ3) is 1.89. The van der Waals surface area contributed by atoms with Crippen LogP contribution in [0.3, 0.4) is 0 Å². The summed E-state index contributed by atoms with van der Waals surface area (Å²) in [6.07, 6.45) is 0. The van der Waals surface area contributed by atoms with Crippen LogP contribution >= 0.6 is 0 Å². The largest absolute Gasteiger partial charge is 0.505 e. The highest BCUT2D eigenvalue weighted by Crippen LogP contribution is 2.32. The summed E-state index contributed by atoms with van der Waals surface area (Å²) in [7, 11) is 0. The number of nitrogens with two attached hydrogens (primary N) is 1. The summed E-state index contributed by atoms with van der Waals surface area (Å²) in [6, 6.07) is 2.66. The Morgan fingerprint density at radius 2 is 2.21 bits per heavy atom. The first-order valence-electron chi connectivity index (χ1n) is 3.55. The number of anilines is 1. The van der Waals surface area contributed by atoms with Crippen LogP contribution in [0.5, 0.6) is 5.75 Å². The molecule has 14 heavy (non-hydrogen) atoms. The second kappa shape index (κ2) is 3.60. The average molecular weight is 197 g/mol. The molecule has 0 aliphatic heterocycles. The number of carbonyl (C=O) groups excluding carboxylic acids is 1. The fourth-order valence-electron chi connectivity index (χ4n) is 0.932. The molecule has 0 bridgehead atoms. The van der Waals surface area contributed by atoms with Crippen molar-refractivity contribution in [2.24, 2.45) is 5.73 Å². The number of para-hydroxylation sites is 1.